The molecule has 0 saturated heterocycles. The van der Waals surface area contributed by atoms with E-state index >= 15 is 0 Å². The van der Waals surface area contributed by atoms with Gasteiger partial charge < -0.3 is 4.74 Å². The molecule has 1 nitrogen and oxygen atoms in total. The molecule has 0 aromatic heterocycles. The van der Waals surface area contributed by atoms with E-state index in [0.717, 1.165) is 23.8 Å². The lowest BCUT2D eigenvalue weighted by atomic mass is 10.0. The van der Waals surface area contributed by atoms with Crippen LogP contribution in [0.4, 0.5) is 26.3 Å². The van der Waals surface area contributed by atoms with Gasteiger partial charge in [0.15, 0.2) is 11.6 Å². The third-order valence-electron chi connectivity index (χ3n) is 4.35. The zero-order chi connectivity index (χ0) is 21.2. The summed E-state index contributed by atoms with van der Waals surface area (Å²) in [5.41, 5.74) is 0.282. The van der Waals surface area contributed by atoms with Crippen LogP contribution in [0.25, 0.3) is 0 Å². The Morgan fingerprint density at radius 2 is 1.66 bits per heavy atom. The number of ether oxygens (including phenoxy) is 1. The highest BCUT2D eigenvalue weighted by molar-refractivity contribution is 5.54. The number of alkyl halides is 2. The van der Waals surface area contributed by atoms with Gasteiger partial charge in [0.1, 0.15) is 17.4 Å². The van der Waals surface area contributed by atoms with E-state index in [1.54, 1.807) is 18.2 Å². The normalized spacial score (nSPS) is 17.8. The van der Waals surface area contributed by atoms with E-state index in [1.165, 1.54) is 0 Å². The number of rotatable bonds is 4. The molecule has 1 aromatic rings. The van der Waals surface area contributed by atoms with Gasteiger partial charge in [0.05, 0.1) is 5.57 Å². The van der Waals surface area contributed by atoms with E-state index < -0.39 is 47.1 Å². The molecule has 152 valence electrons. The number of allylic oxidation sites excluding steroid dienone is 11. The molecule has 0 unspecified atom stereocenters. The van der Waals surface area contributed by atoms with Gasteiger partial charge in [-0.25, -0.2) is 17.6 Å². The third kappa shape index (κ3) is 4.91. The summed E-state index contributed by atoms with van der Waals surface area (Å²) in [6.45, 7) is 1.86. The van der Waals surface area contributed by atoms with Gasteiger partial charge in [0, 0.05) is 12.5 Å². The largest absolute Gasteiger partial charge is 0.429 e. The molecule has 29 heavy (non-hydrogen) atoms. The Balaban J connectivity index is 1.95. The fourth-order valence-electron chi connectivity index (χ4n) is 2.84. The molecule has 0 aliphatic heterocycles. The maximum Gasteiger partial charge on any atom is 0.426 e. The van der Waals surface area contributed by atoms with Gasteiger partial charge in [-0.3, -0.25) is 0 Å². The van der Waals surface area contributed by atoms with E-state index in [1.807, 2.05) is 13.0 Å². The summed E-state index contributed by atoms with van der Waals surface area (Å²) in [6.07, 6.45) is 4.02. The molecular formula is C22H16F6O. The zero-order valence-corrected chi connectivity index (χ0v) is 15.3. The molecule has 0 N–H and O–H groups in total. The van der Waals surface area contributed by atoms with Crippen molar-refractivity contribution in [3.63, 3.8) is 0 Å². The monoisotopic (exact) mass is 410 g/mol. The number of hydrogen-bond acceptors (Lipinski definition) is 1. The number of benzene rings is 1. The number of halogens is 6. The molecule has 0 atom stereocenters. The highest BCUT2D eigenvalue weighted by atomic mass is 19.3. The van der Waals surface area contributed by atoms with E-state index in [4.69, 9.17) is 0 Å². The van der Waals surface area contributed by atoms with Crippen molar-refractivity contribution in [3.05, 3.63) is 100 Å². The fraction of sp³-hybridized carbons (Fsp3) is 0.182. The van der Waals surface area contributed by atoms with Gasteiger partial charge >= 0.3 is 6.11 Å². The molecule has 0 saturated carbocycles. The lowest BCUT2D eigenvalue weighted by Crippen LogP contribution is -2.28. The van der Waals surface area contributed by atoms with Crippen molar-refractivity contribution < 1.29 is 31.1 Å². The van der Waals surface area contributed by atoms with Gasteiger partial charge in [0.2, 0.25) is 0 Å². The van der Waals surface area contributed by atoms with Gasteiger partial charge in [0.25, 0.3) is 0 Å². The van der Waals surface area contributed by atoms with Gasteiger partial charge in [-0.1, -0.05) is 29.9 Å². The quantitative estimate of drug-likeness (QED) is 0.478. The van der Waals surface area contributed by atoms with Crippen LogP contribution < -0.4 is 4.74 Å². The first-order chi connectivity index (χ1) is 13.7. The van der Waals surface area contributed by atoms with E-state index in [0.29, 0.717) is 24.1 Å². The molecule has 7 heteroatoms. The minimum absolute atomic E-state index is 0.0953. The molecule has 0 radical (unpaired) electrons. The summed E-state index contributed by atoms with van der Waals surface area (Å²) >= 11 is 0. The average Bonchev–Trinajstić information content (AvgIpc) is 2.94. The Hall–Kier alpha value is -2.96. The Morgan fingerprint density at radius 1 is 0.897 bits per heavy atom. The summed E-state index contributed by atoms with van der Waals surface area (Å²) in [7, 11) is 0. The van der Waals surface area contributed by atoms with Gasteiger partial charge in [-0.2, -0.15) is 8.78 Å². The molecule has 3 rings (SSSR count). The van der Waals surface area contributed by atoms with Crippen LogP contribution in [0.1, 0.15) is 19.8 Å². The lowest BCUT2D eigenvalue weighted by Gasteiger charge is -2.20. The Bertz CT molecular complexity index is 1010. The minimum Gasteiger partial charge on any atom is -0.429 e. The minimum atomic E-state index is -4.28. The Labute approximate surface area is 163 Å². The van der Waals surface area contributed by atoms with Crippen molar-refractivity contribution >= 4 is 0 Å². The predicted octanol–water partition coefficient (Wildman–Crippen LogP) is 7.18. The van der Waals surface area contributed by atoms with Crippen molar-refractivity contribution in [3.8, 4) is 5.75 Å². The molecule has 0 bridgehead atoms. The fourth-order valence-corrected chi connectivity index (χ4v) is 2.84. The van der Waals surface area contributed by atoms with E-state index in [9.17, 15) is 26.3 Å². The topological polar surface area (TPSA) is 9.23 Å². The van der Waals surface area contributed by atoms with Crippen LogP contribution in [-0.4, -0.2) is 6.11 Å². The van der Waals surface area contributed by atoms with Crippen molar-refractivity contribution in [1.29, 1.82) is 0 Å². The van der Waals surface area contributed by atoms with Gasteiger partial charge in [-0.15, -0.1) is 0 Å². The van der Waals surface area contributed by atoms with E-state index in [-0.39, 0.29) is 5.57 Å². The summed E-state index contributed by atoms with van der Waals surface area (Å²) in [5.74, 6) is -5.73. The molecule has 1 aromatic carbocycles. The molecular weight excluding hydrogens is 394 g/mol. The summed E-state index contributed by atoms with van der Waals surface area (Å²) < 4.78 is 88.6. The molecule has 0 heterocycles. The molecule has 0 spiro atoms. The van der Waals surface area contributed by atoms with Crippen LogP contribution in [0.15, 0.2) is 88.6 Å². The lowest BCUT2D eigenvalue weighted by molar-refractivity contribution is -0.145. The summed E-state index contributed by atoms with van der Waals surface area (Å²) in [4.78, 5) is 0. The van der Waals surface area contributed by atoms with Crippen LogP contribution in [-0.2, 0) is 0 Å². The summed E-state index contributed by atoms with van der Waals surface area (Å²) in [5, 5.41) is 0. The highest BCUT2D eigenvalue weighted by Gasteiger charge is 2.41. The first-order valence-electron chi connectivity index (χ1n) is 8.70. The zero-order valence-electron chi connectivity index (χ0n) is 15.3. The maximum absolute atomic E-state index is 14.7. The van der Waals surface area contributed by atoms with Crippen LogP contribution in [0.5, 0.6) is 5.75 Å². The predicted molar refractivity (Wildman–Crippen MR) is 97.6 cm³/mol. The molecule has 2 aliphatic rings. The van der Waals surface area contributed by atoms with Gasteiger partial charge in [-0.05, 0) is 48.8 Å². The third-order valence-corrected chi connectivity index (χ3v) is 4.35. The first kappa shape index (κ1) is 20.8. The smallest absolute Gasteiger partial charge is 0.426 e. The first-order valence-corrected chi connectivity index (χ1v) is 8.70. The van der Waals surface area contributed by atoms with Crippen molar-refractivity contribution in [2.24, 2.45) is 0 Å². The Morgan fingerprint density at radius 3 is 2.38 bits per heavy atom. The van der Waals surface area contributed by atoms with Crippen molar-refractivity contribution in [2.75, 3.05) is 0 Å². The second-order valence-corrected chi connectivity index (χ2v) is 6.57. The standard InChI is InChI=1S/C22H16F6O/c1-13-3-2-4-14(6-5-13)15-9-16(23)11-18(20(25)10-15)22(27,28)29-17-7-8-19(24)21(26)12-17/h3-10,12H,2,11H2,1H3. The molecule has 0 amide bonds. The SMILES string of the molecule is CC1=CCC=C(C2=CC(F)=C(C(F)(F)Oc3ccc(F)c(F)c3)CC(F)=C2)C=C1. The van der Waals surface area contributed by atoms with Crippen molar-refractivity contribution in [1.82, 2.24) is 0 Å². The van der Waals surface area contributed by atoms with Crippen LogP contribution >= 0.6 is 0 Å². The summed E-state index contributed by atoms with van der Waals surface area (Å²) in [6, 6.07) is 1.77. The highest BCUT2D eigenvalue weighted by Crippen LogP contribution is 2.39. The van der Waals surface area contributed by atoms with Crippen molar-refractivity contribution in [2.45, 2.75) is 25.9 Å². The molecule has 2 aliphatic carbocycles. The van der Waals surface area contributed by atoms with Crippen LogP contribution in [0.3, 0.4) is 0 Å². The van der Waals surface area contributed by atoms with Crippen LogP contribution in [0.2, 0.25) is 0 Å². The Kier molecular flexibility index (Phi) is 5.86. The van der Waals surface area contributed by atoms with E-state index in [2.05, 4.69) is 4.74 Å². The number of hydrogen-bond donors (Lipinski definition) is 0. The maximum atomic E-state index is 14.7. The second kappa shape index (κ2) is 8.19. The molecule has 0 fully saturated rings. The average molecular weight is 410 g/mol. The second-order valence-electron chi connectivity index (χ2n) is 6.57. The van der Waals surface area contributed by atoms with Crippen LogP contribution in [0, 0.1) is 11.6 Å².